The lowest BCUT2D eigenvalue weighted by Crippen LogP contribution is -2.34. The summed E-state index contributed by atoms with van der Waals surface area (Å²) in [5, 5.41) is 0. The van der Waals surface area contributed by atoms with Crippen LogP contribution in [0.1, 0.15) is 57.7 Å². The predicted molar refractivity (Wildman–Crippen MR) is 76.3 cm³/mol. The van der Waals surface area contributed by atoms with Crippen LogP contribution in [0.3, 0.4) is 0 Å². The SMILES string of the molecule is CC(C)c1ccc(C(COC(C)(C)C)NN)cc1. The third-order valence-corrected chi connectivity index (χ3v) is 2.89. The van der Waals surface area contributed by atoms with Crippen LogP contribution in [0.2, 0.25) is 0 Å². The summed E-state index contributed by atoms with van der Waals surface area (Å²) in [5.74, 6) is 6.15. The van der Waals surface area contributed by atoms with Crippen LogP contribution in [0.5, 0.6) is 0 Å². The molecule has 0 aromatic heterocycles. The average Bonchev–Trinajstić information content (AvgIpc) is 2.29. The highest BCUT2D eigenvalue weighted by Gasteiger charge is 2.16. The Hall–Kier alpha value is -0.900. The topological polar surface area (TPSA) is 47.3 Å². The minimum atomic E-state index is -0.146. The molecule has 1 aromatic carbocycles. The van der Waals surface area contributed by atoms with Crippen LogP contribution in [0, 0.1) is 0 Å². The monoisotopic (exact) mass is 250 g/mol. The van der Waals surface area contributed by atoms with Gasteiger partial charge in [-0.15, -0.1) is 0 Å². The molecule has 0 aliphatic heterocycles. The summed E-state index contributed by atoms with van der Waals surface area (Å²) in [5.41, 5.74) is 5.17. The van der Waals surface area contributed by atoms with Crippen LogP contribution in [-0.2, 0) is 4.74 Å². The molecule has 1 atom stereocenters. The van der Waals surface area contributed by atoms with Crippen molar-refractivity contribution in [2.75, 3.05) is 6.61 Å². The van der Waals surface area contributed by atoms with E-state index in [2.05, 4.69) is 43.5 Å². The zero-order chi connectivity index (χ0) is 13.8. The summed E-state index contributed by atoms with van der Waals surface area (Å²) in [6.45, 7) is 11.1. The van der Waals surface area contributed by atoms with E-state index in [4.69, 9.17) is 10.6 Å². The van der Waals surface area contributed by atoms with Crippen molar-refractivity contribution >= 4 is 0 Å². The fourth-order valence-electron chi connectivity index (χ4n) is 1.69. The molecule has 1 aromatic rings. The number of rotatable bonds is 5. The first kappa shape index (κ1) is 15.2. The van der Waals surface area contributed by atoms with E-state index in [1.54, 1.807) is 0 Å². The quantitative estimate of drug-likeness (QED) is 0.623. The number of hydrogen-bond donors (Lipinski definition) is 2. The predicted octanol–water partition coefficient (Wildman–Crippen LogP) is 3.13. The van der Waals surface area contributed by atoms with E-state index in [1.807, 2.05) is 20.8 Å². The molecule has 0 aliphatic rings. The summed E-state index contributed by atoms with van der Waals surface area (Å²) in [7, 11) is 0. The molecule has 102 valence electrons. The Kier molecular flexibility index (Phi) is 5.32. The van der Waals surface area contributed by atoms with E-state index in [-0.39, 0.29) is 11.6 Å². The molecule has 3 heteroatoms. The van der Waals surface area contributed by atoms with Gasteiger partial charge < -0.3 is 4.74 Å². The van der Waals surface area contributed by atoms with Crippen molar-refractivity contribution in [2.24, 2.45) is 5.84 Å². The average molecular weight is 250 g/mol. The van der Waals surface area contributed by atoms with Crippen LogP contribution in [0.15, 0.2) is 24.3 Å². The summed E-state index contributed by atoms with van der Waals surface area (Å²) < 4.78 is 5.77. The van der Waals surface area contributed by atoms with Gasteiger partial charge in [-0.05, 0) is 37.8 Å². The van der Waals surface area contributed by atoms with Gasteiger partial charge in [0.1, 0.15) is 0 Å². The molecule has 3 nitrogen and oxygen atoms in total. The molecule has 0 saturated carbocycles. The summed E-state index contributed by atoms with van der Waals surface area (Å²) >= 11 is 0. The minimum Gasteiger partial charge on any atom is -0.374 e. The van der Waals surface area contributed by atoms with Crippen molar-refractivity contribution in [3.05, 3.63) is 35.4 Å². The van der Waals surface area contributed by atoms with E-state index < -0.39 is 0 Å². The van der Waals surface area contributed by atoms with Crippen LogP contribution >= 0.6 is 0 Å². The molecule has 0 radical (unpaired) electrons. The van der Waals surface area contributed by atoms with Gasteiger partial charge in [-0.3, -0.25) is 11.3 Å². The Morgan fingerprint density at radius 1 is 1.11 bits per heavy atom. The van der Waals surface area contributed by atoms with Gasteiger partial charge in [0.15, 0.2) is 0 Å². The Balaban J connectivity index is 2.70. The number of benzene rings is 1. The number of nitrogens with two attached hydrogens (primary N) is 1. The van der Waals surface area contributed by atoms with Crippen molar-refractivity contribution in [3.63, 3.8) is 0 Å². The number of hydrogen-bond acceptors (Lipinski definition) is 3. The molecule has 0 heterocycles. The van der Waals surface area contributed by atoms with E-state index >= 15 is 0 Å². The lowest BCUT2D eigenvalue weighted by Gasteiger charge is -2.24. The maximum absolute atomic E-state index is 5.77. The largest absolute Gasteiger partial charge is 0.374 e. The first-order valence-electron chi connectivity index (χ1n) is 6.53. The molecule has 1 unspecified atom stereocenters. The van der Waals surface area contributed by atoms with Gasteiger partial charge in [-0.2, -0.15) is 0 Å². The maximum atomic E-state index is 5.77. The fraction of sp³-hybridized carbons (Fsp3) is 0.600. The third kappa shape index (κ3) is 4.77. The second-order valence-corrected chi connectivity index (χ2v) is 5.96. The zero-order valence-electron chi connectivity index (χ0n) is 12.2. The van der Waals surface area contributed by atoms with Crippen LogP contribution < -0.4 is 11.3 Å². The van der Waals surface area contributed by atoms with Crippen LogP contribution in [-0.4, -0.2) is 12.2 Å². The lowest BCUT2D eigenvalue weighted by atomic mass is 9.99. The third-order valence-electron chi connectivity index (χ3n) is 2.89. The Bertz CT molecular complexity index is 352. The van der Waals surface area contributed by atoms with E-state index in [0.717, 1.165) is 5.56 Å². The maximum Gasteiger partial charge on any atom is 0.0694 e. The second-order valence-electron chi connectivity index (χ2n) is 5.96. The molecular formula is C15H26N2O. The standard InChI is InChI=1S/C15H26N2O/c1-11(2)12-6-8-13(9-7-12)14(17-16)10-18-15(3,4)5/h6-9,11,14,17H,10,16H2,1-5H3. The fourth-order valence-corrected chi connectivity index (χ4v) is 1.69. The Labute approximate surface area is 111 Å². The van der Waals surface area contributed by atoms with Gasteiger partial charge in [0.2, 0.25) is 0 Å². The number of nitrogens with one attached hydrogen (secondary N) is 1. The van der Waals surface area contributed by atoms with Gasteiger partial charge in [-0.1, -0.05) is 38.1 Å². The summed E-state index contributed by atoms with van der Waals surface area (Å²) in [6, 6.07) is 8.58. The molecule has 1 rings (SSSR count). The molecule has 18 heavy (non-hydrogen) atoms. The highest BCUT2D eigenvalue weighted by molar-refractivity contribution is 5.26. The summed E-state index contributed by atoms with van der Waals surface area (Å²) in [6.07, 6.45) is 0. The van der Waals surface area contributed by atoms with Gasteiger partial charge in [-0.25, -0.2) is 0 Å². The zero-order valence-corrected chi connectivity index (χ0v) is 12.2. The second kappa shape index (κ2) is 6.32. The van der Waals surface area contributed by atoms with E-state index in [9.17, 15) is 0 Å². The van der Waals surface area contributed by atoms with Crippen molar-refractivity contribution in [1.29, 1.82) is 0 Å². The molecule has 0 saturated heterocycles. The number of ether oxygens (including phenoxy) is 1. The highest BCUT2D eigenvalue weighted by atomic mass is 16.5. The molecular weight excluding hydrogens is 224 g/mol. The van der Waals surface area contributed by atoms with E-state index in [1.165, 1.54) is 5.56 Å². The van der Waals surface area contributed by atoms with Gasteiger partial charge in [0.25, 0.3) is 0 Å². The molecule has 0 bridgehead atoms. The molecule has 0 aliphatic carbocycles. The van der Waals surface area contributed by atoms with Crippen molar-refractivity contribution in [1.82, 2.24) is 5.43 Å². The van der Waals surface area contributed by atoms with Gasteiger partial charge in [0.05, 0.1) is 18.2 Å². The Morgan fingerprint density at radius 2 is 1.61 bits per heavy atom. The molecule has 3 N–H and O–H groups in total. The van der Waals surface area contributed by atoms with Crippen molar-refractivity contribution in [2.45, 2.75) is 52.2 Å². The van der Waals surface area contributed by atoms with Gasteiger partial charge in [0, 0.05) is 0 Å². The Morgan fingerprint density at radius 3 is 2.00 bits per heavy atom. The van der Waals surface area contributed by atoms with E-state index in [0.29, 0.717) is 12.5 Å². The molecule has 0 spiro atoms. The normalized spacial score (nSPS) is 13.9. The van der Waals surface area contributed by atoms with Crippen LogP contribution in [0.25, 0.3) is 0 Å². The molecule has 0 amide bonds. The molecule has 0 fully saturated rings. The lowest BCUT2D eigenvalue weighted by molar-refractivity contribution is -0.0148. The van der Waals surface area contributed by atoms with Crippen molar-refractivity contribution in [3.8, 4) is 0 Å². The van der Waals surface area contributed by atoms with Gasteiger partial charge >= 0.3 is 0 Å². The number of hydrazine groups is 1. The first-order valence-corrected chi connectivity index (χ1v) is 6.53. The summed E-state index contributed by atoms with van der Waals surface area (Å²) in [4.78, 5) is 0. The van der Waals surface area contributed by atoms with Crippen molar-refractivity contribution < 1.29 is 4.74 Å². The minimum absolute atomic E-state index is 0.0328. The first-order chi connectivity index (χ1) is 8.33. The smallest absolute Gasteiger partial charge is 0.0694 e. The van der Waals surface area contributed by atoms with Crippen LogP contribution in [0.4, 0.5) is 0 Å². The highest BCUT2D eigenvalue weighted by Crippen LogP contribution is 2.20.